The minimum atomic E-state index is -0.0625. The molecule has 0 atom stereocenters. The van der Waals surface area contributed by atoms with E-state index in [2.05, 4.69) is 31.4 Å². The normalized spacial score (nSPS) is 14.3. The minimum Gasteiger partial charge on any atom is -0.495 e. The lowest BCUT2D eigenvalue weighted by molar-refractivity contribution is -0.115. The van der Waals surface area contributed by atoms with E-state index in [4.69, 9.17) is 4.74 Å². The number of para-hydroxylation sites is 2. The maximum absolute atomic E-state index is 11.4. The third kappa shape index (κ3) is 3.99. The molecule has 0 aliphatic carbocycles. The van der Waals surface area contributed by atoms with E-state index >= 15 is 0 Å². The van der Waals surface area contributed by atoms with Crippen LogP contribution in [0.25, 0.3) is 0 Å². The van der Waals surface area contributed by atoms with Gasteiger partial charge < -0.3 is 19.9 Å². The molecule has 2 heterocycles. The van der Waals surface area contributed by atoms with Crippen molar-refractivity contribution in [2.24, 2.45) is 0 Å². The number of nitrogens with one attached hydrogen (secondary N) is 1. The van der Waals surface area contributed by atoms with E-state index in [0.29, 0.717) is 12.2 Å². The predicted octanol–water partition coefficient (Wildman–Crippen LogP) is 2.16. The molecule has 0 radical (unpaired) electrons. The molecule has 132 valence electrons. The number of anilines is 3. The van der Waals surface area contributed by atoms with Gasteiger partial charge in [0.05, 0.1) is 12.8 Å². The number of aromatic nitrogens is 2. The van der Waals surface area contributed by atoms with Gasteiger partial charge in [-0.2, -0.15) is 0 Å². The van der Waals surface area contributed by atoms with E-state index in [0.717, 1.165) is 43.4 Å². The highest BCUT2D eigenvalue weighted by Gasteiger charge is 2.20. The van der Waals surface area contributed by atoms with Crippen LogP contribution in [0, 0.1) is 0 Å². The zero-order valence-corrected chi connectivity index (χ0v) is 14.6. The molecule has 1 saturated heterocycles. The summed E-state index contributed by atoms with van der Waals surface area (Å²) in [5.41, 5.74) is 1.12. The summed E-state index contributed by atoms with van der Waals surface area (Å²) < 4.78 is 5.45. The summed E-state index contributed by atoms with van der Waals surface area (Å²) in [4.78, 5) is 15.9. The van der Waals surface area contributed by atoms with Crippen molar-refractivity contribution in [3.8, 4) is 5.75 Å². The topological polar surface area (TPSA) is 70.6 Å². The Kier molecular flexibility index (Phi) is 5.33. The number of nitrogens with zero attached hydrogens (tertiary/aromatic N) is 4. The Morgan fingerprint density at radius 3 is 2.44 bits per heavy atom. The van der Waals surface area contributed by atoms with Crippen molar-refractivity contribution in [1.82, 2.24) is 10.2 Å². The maximum atomic E-state index is 11.4. The predicted molar refractivity (Wildman–Crippen MR) is 98.4 cm³/mol. The van der Waals surface area contributed by atoms with Crippen LogP contribution < -0.4 is 19.9 Å². The van der Waals surface area contributed by atoms with Crippen molar-refractivity contribution in [2.75, 3.05) is 48.4 Å². The molecule has 0 unspecified atom stereocenters. The summed E-state index contributed by atoms with van der Waals surface area (Å²) in [6, 6.07) is 11.8. The van der Waals surface area contributed by atoms with Crippen LogP contribution in [0.5, 0.6) is 5.75 Å². The largest absolute Gasteiger partial charge is 0.495 e. The van der Waals surface area contributed by atoms with Crippen LogP contribution in [0.1, 0.15) is 13.3 Å². The second kappa shape index (κ2) is 7.83. The first-order chi connectivity index (χ1) is 12.2. The molecule has 7 heteroatoms. The van der Waals surface area contributed by atoms with Gasteiger partial charge in [-0.1, -0.05) is 19.1 Å². The molecule has 1 amide bonds. The molecule has 1 aromatic carbocycles. The molecule has 1 aromatic heterocycles. The standard InChI is InChI=1S/C18H23N5O2/c1-3-18(24)19-16-8-9-17(21-20-16)23-12-10-22(11-13-23)14-6-4-5-7-15(14)25-2/h4-9H,3,10-13H2,1-2H3,(H,19,20,24). The fraction of sp³-hybridized carbons (Fsp3) is 0.389. The Labute approximate surface area is 147 Å². The monoisotopic (exact) mass is 341 g/mol. The quantitative estimate of drug-likeness (QED) is 0.899. The number of amides is 1. The van der Waals surface area contributed by atoms with Crippen LogP contribution >= 0.6 is 0 Å². The Bertz CT molecular complexity index is 712. The van der Waals surface area contributed by atoms with Gasteiger partial charge in [0.2, 0.25) is 5.91 Å². The minimum absolute atomic E-state index is 0.0625. The van der Waals surface area contributed by atoms with Gasteiger partial charge in [-0.15, -0.1) is 10.2 Å². The zero-order chi connectivity index (χ0) is 17.6. The van der Waals surface area contributed by atoms with Crippen LogP contribution in [-0.4, -0.2) is 49.4 Å². The van der Waals surface area contributed by atoms with E-state index in [9.17, 15) is 4.79 Å². The molecular formula is C18H23N5O2. The highest BCUT2D eigenvalue weighted by molar-refractivity contribution is 5.89. The van der Waals surface area contributed by atoms with Gasteiger partial charge in [0.1, 0.15) is 5.75 Å². The summed E-state index contributed by atoms with van der Waals surface area (Å²) in [5, 5.41) is 11.0. The first-order valence-electron chi connectivity index (χ1n) is 8.47. The van der Waals surface area contributed by atoms with Gasteiger partial charge in [0, 0.05) is 32.6 Å². The number of ether oxygens (including phenoxy) is 1. The number of methoxy groups -OCH3 is 1. The van der Waals surface area contributed by atoms with Crippen LogP contribution in [0.4, 0.5) is 17.3 Å². The Morgan fingerprint density at radius 1 is 1.08 bits per heavy atom. The summed E-state index contributed by atoms with van der Waals surface area (Å²) in [7, 11) is 1.70. The van der Waals surface area contributed by atoms with E-state index in [1.165, 1.54) is 0 Å². The molecule has 2 aromatic rings. The van der Waals surface area contributed by atoms with Gasteiger partial charge >= 0.3 is 0 Å². The molecule has 1 fully saturated rings. The Morgan fingerprint density at radius 2 is 1.80 bits per heavy atom. The van der Waals surface area contributed by atoms with Crippen molar-refractivity contribution in [2.45, 2.75) is 13.3 Å². The second-order valence-electron chi connectivity index (χ2n) is 5.82. The Hall–Kier alpha value is -2.83. The van der Waals surface area contributed by atoms with Crippen molar-refractivity contribution < 1.29 is 9.53 Å². The number of rotatable bonds is 5. The molecule has 1 aliphatic rings. The Balaban J connectivity index is 1.61. The average Bonchev–Trinajstić information content (AvgIpc) is 2.68. The maximum Gasteiger partial charge on any atom is 0.225 e. The number of hydrogen-bond acceptors (Lipinski definition) is 6. The molecule has 7 nitrogen and oxygen atoms in total. The number of carbonyl (C=O) groups excluding carboxylic acids is 1. The van der Waals surface area contributed by atoms with Crippen LogP contribution in [0.2, 0.25) is 0 Å². The summed E-state index contributed by atoms with van der Waals surface area (Å²) in [6.45, 7) is 5.28. The fourth-order valence-corrected chi connectivity index (χ4v) is 2.86. The van der Waals surface area contributed by atoms with Crippen LogP contribution in [-0.2, 0) is 4.79 Å². The zero-order valence-electron chi connectivity index (χ0n) is 14.6. The van der Waals surface area contributed by atoms with Crippen LogP contribution in [0.3, 0.4) is 0 Å². The van der Waals surface area contributed by atoms with E-state index < -0.39 is 0 Å². The lowest BCUT2D eigenvalue weighted by atomic mass is 10.2. The number of piperazine rings is 1. The van der Waals surface area contributed by atoms with Gasteiger partial charge in [-0.3, -0.25) is 4.79 Å². The van der Waals surface area contributed by atoms with E-state index in [-0.39, 0.29) is 5.91 Å². The van der Waals surface area contributed by atoms with Gasteiger partial charge in [-0.05, 0) is 24.3 Å². The molecule has 25 heavy (non-hydrogen) atoms. The van der Waals surface area contributed by atoms with Crippen molar-refractivity contribution in [1.29, 1.82) is 0 Å². The van der Waals surface area contributed by atoms with Gasteiger partial charge in [0.25, 0.3) is 0 Å². The first kappa shape index (κ1) is 17.0. The highest BCUT2D eigenvalue weighted by Crippen LogP contribution is 2.28. The number of benzene rings is 1. The molecule has 1 N–H and O–H groups in total. The van der Waals surface area contributed by atoms with Crippen molar-refractivity contribution in [3.05, 3.63) is 36.4 Å². The van der Waals surface area contributed by atoms with Crippen molar-refractivity contribution >= 4 is 23.2 Å². The van der Waals surface area contributed by atoms with E-state index in [1.807, 2.05) is 24.3 Å². The lowest BCUT2D eigenvalue weighted by Gasteiger charge is -2.37. The van der Waals surface area contributed by atoms with Crippen LogP contribution in [0.15, 0.2) is 36.4 Å². The fourth-order valence-electron chi connectivity index (χ4n) is 2.86. The SMILES string of the molecule is CCC(=O)Nc1ccc(N2CCN(c3ccccc3OC)CC2)nn1. The second-order valence-corrected chi connectivity index (χ2v) is 5.82. The van der Waals surface area contributed by atoms with Crippen molar-refractivity contribution in [3.63, 3.8) is 0 Å². The van der Waals surface area contributed by atoms with Gasteiger partial charge in [-0.25, -0.2) is 0 Å². The summed E-state index contributed by atoms with van der Waals surface area (Å²) in [5.74, 6) is 2.15. The summed E-state index contributed by atoms with van der Waals surface area (Å²) in [6.07, 6.45) is 0.425. The smallest absolute Gasteiger partial charge is 0.225 e. The van der Waals surface area contributed by atoms with Gasteiger partial charge in [0.15, 0.2) is 11.6 Å². The third-order valence-corrected chi connectivity index (χ3v) is 4.27. The molecule has 1 aliphatic heterocycles. The number of carbonyl (C=O) groups is 1. The first-order valence-corrected chi connectivity index (χ1v) is 8.47. The molecule has 0 spiro atoms. The van der Waals surface area contributed by atoms with E-state index in [1.54, 1.807) is 20.1 Å². The molecule has 3 rings (SSSR count). The lowest BCUT2D eigenvalue weighted by Crippen LogP contribution is -2.47. The number of hydrogen-bond donors (Lipinski definition) is 1. The summed E-state index contributed by atoms with van der Waals surface area (Å²) >= 11 is 0. The molecule has 0 bridgehead atoms. The molecule has 0 saturated carbocycles. The average molecular weight is 341 g/mol. The molecular weight excluding hydrogens is 318 g/mol. The highest BCUT2D eigenvalue weighted by atomic mass is 16.5. The third-order valence-electron chi connectivity index (χ3n) is 4.27.